The summed E-state index contributed by atoms with van der Waals surface area (Å²) in [5.74, 6) is -1.13. The molecule has 3 aliphatic heterocycles. The first-order valence-corrected chi connectivity index (χ1v) is 27.7. The van der Waals surface area contributed by atoms with Crippen LogP contribution in [-0.4, -0.2) is 177 Å². The van der Waals surface area contributed by atoms with E-state index in [-0.39, 0.29) is 57.2 Å². The van der Waals surface area contributed by atoms with Crippen LogP contribution in [0.1, 0.15) is 18.7 Å². The van der Waals surface area contributed by atoms with E-state index in [4.69, 9.17) is 64.7 Å². The molecule has 6 aromatic heterocycles. The van der Waals surface area contributed by atoms with Gasteiger partial charge in [0.25, 0.3) is 17.1 Å². The third kappa shape index (κ3) is 11.3. The number of nitrogens with two attached hydrogens (primary N) is 4. The molecule has 3 saturated heterocycles. The largest absolute Gasteiger partial charge is 0.490 e. The Bertz CT molecular complexity index is 3540. The molecule has 0 bridgehead atoms. The van der Waals surface area contributed by atoms with Gasteiger partial charge < -0.3 is 81.5 Å². The molecule has 6 aromatic rings. The summed E-state index contributed by atoms with van der Waals surface area (Å²) in [6.07, 6.45) is -15.9. The van der Waals surface area contributed by atoms with Crippen LogP contribution >= 0.6 is 31.3 Å². The van der Waals surface area contributed by atoms with E-state index >= 15 is 0 Å². The number of hydrogen-bond donors (Lipinski definition) is 13. The van der Waals surface area contributed by atoms with Gasteiger partial charge in [-0.15, -0.1) is 0 Å². The van der Waals surface area contributed by atoms with Crippen LogP contribution in [0.2, 0.25) is 0 Å². The molecule has 16 atom stereocenters. The molecule has 40 nitrogen and oxygen atoms in total. The van der Waals surface area contributed by atoms with Crippen molar-refractivity contribution in [3.05, 3.63) is 39.7 Å². The second-order valence-electron chi connectivity index (χ2n) is 16.9. The molecule has 0 spiro atoms. The van der Waals surface area contributed by atoms with Crippen molar-refractivity contribution in [2.24, 2.45) is 7.05 Å². The molecule has 7 unspecified atom stereocenters. The Morgan fingerprint density at radius 3 is 1.84 bits per heavy atom. The van der Waals surface area contributed by atoms with Crippen LogP contribution in [0.15, 0.2) is 28.6 Å². The van der Waals surface area contributed by atoms with E-state index in [1.165, 1.54) is 22.5 Å². The minimum Gasteiger partial charge on any atom is -0.387 e. The topological polar surface area (TPSA) is 577 Å². The van der Waals surface area contributed by atoms with E-state index in [2.05, 4.69) is 48.5 Å². The zero-order valence-electron chi connectivity index (χ0n) is 39.4. The number of anilines is 4. The van der Waals surface area contributed by atoms with Crippen LogP contribution in [0.25, 0.3) is 33.5 Å². The zero-order valence-corrected chi connectivity index (χ0v) is 43.0. The molecule has 0 aliphatic carbocycles. The van der Waals surface area contributed by atoms with Crippen LogP contribution < -0.4 is 38.6 Å². The number of nitrogen functional groups attached to an aromatic ring is 4. The SMILES string of the molecule is COC1[C@@H](OP(=O)(O)OC[C@H]2O[C@@H](n3cnc4c(=O)[nH]c(N)nc43)C(O)[C@H]2O)[C@@H](COP(=O)(O)OP(=O)(O)OP(=O)(O)OC[C@H]2O[C@@H]([n+]3cn(C)c4c(=O)[nH]c(N)nc43)C(O)[C@H]2OC)O[C@H]1n1cnc2c(N)nc(N)nc21. The van der Waals surface area contributed by atoms with E-state index in [0.717, 1.165) is 36.0 Å². The van der Waals surface area contributed by atoms with Gasteiger partial charge in [-0.1, -0.05) is 4.98 Å². The van der Waals surface area contributed by atoms with Crippen molar-refractivity contribution in [2.45, 2.75) is 73.6 Å². The first kappa shape index (κ1) is 56.4. The minimum absolute atomic E-state index is 0.0179. The van der Waals surface area contributed by atoms with Gasteiger partial charge in [0, 0.05) is 14.2 Å². The number of aliphatic hydroxyl groups is 3. The van der Waals surface area contributed by atoms with E-state index < -0.39 is 136 Å². The first-order chi connectivity index (χ1) is 36.1. The van der Waals surface area contributed by atoms with Gasteiger partial charge in [-0.3, -0.25) is 51.4 Å². The number of nitrogens with zero attached hydrogens (tertiary/aromatic N) is 10. The number of H-pyrrole nitrogens is 2. The molecule has 9 rings (SSSR count). The molecule has 9 heterocycles. The molecule has 0 amide bonds. The molecule has 0 aromatic carbocycles. The average Bonchev–Trinajstić information content (AvgIpc) is 4.18. The van der Waals surface area contributed by atoms with Gasteiger partial charge >= 0.3 is 36.9 Å². The normalized spacial score (nSPS) is 30.0. The number of hydrogen-bond acceptors (Lipinski definition) is 30. The van der Waals surface area contributed by atoms with Crippen molar-refractivity contribution in [3.63, 3.8) is 0 Å². The summed E-state index contributed by atoms with van der Waals surface area (Å²) in [7, 11) is -19.8. The summed E-state index contributed by atoms with van der Waals surface area (Å²) in [6, 6.07) is 0. The highest BCUT2D eigenvalue weighted by atomic mass is 31.3. The molecule has 17 N–H and O–H groups in total. The Balaban J connectivity index is 0.874. The molecular weight excluding hydrogens is 1130 g/mol. The number of aryl methyl sites for hydroxylation is 1. The summed E-state index contributed by atoms with van der Waals surface area (Å²) >= 11 is 0. The van der Waals surface area contributed by atoms with Crippen molar-refractivity contribution in [3.8, 4) is 0 Å². The van der Waals surface area contributed by atoms with Gasteiger partial charge in [-0.25, -0.2) is 32.8 Å². The van der Waals surface area contributed by atoms with Crippen LogP contribution in [0, 0.1) is 0 Å². The molecule has 3 aliphatic rings. The fourth-order valence-corrected chi connectivity index (χ4v) is 13.1. The second-order valence-corrected chi connectivity index (χ2v) is 22.9. The number of nitrogens with one attached hydrogen (secondary N) is 2. The maximum atomic E-state index is 13.7. The number of fused-ring (bicyclic) bond motifs is 3. The average molecular weight is 1180 g/mol. The van der Waals surface area contributed by atoms with E-state index in [0.29, 0.717) is 0 Å². The zero-order chi connectivity index (χ0) is 55.8. The lowest BCUT2D eigenvalue weighted by Gasteiger charge is -2.26. The number of methoxy groups -OCH3 is 2. The number of aliphatic hydroxyl groups excluding tert-OH is 3. The maximum absolute atomic E-state index is 13.7. The fraction of sp³-hybridized carbons (Fsp3) is 0.545. The van der Waals surface area contributed by atoms with Crippen molar-refractivity contribution in [1.29, 1.82) is 0 Å². The Labute approximate surface area is 426 Å². The lowest BCUT2D eigenvalue weighted by atomic mass is 10.1. The number of imidazole rings is 3. The smallest absolute Gasteiger partial charge is 0.387 e. The number of aromatic amines is 2. The molecule has 77 heavy (non-hydrogen) atoms. The second kappa shape index (κ2) is 21.0. The van der Waals surface area contributed by atoms with Gasteiger partial charge in [0.2, 0.25) is 23.6 Å². The number of phosphoric acid groups is 4. The fourth-order valence-electron chi connectivity index (χ4n) is 8.65. The van der Waals surface area contributed by atoms with Gasteiger partial charge in [0.1, 0.15) is 60.5 Å². The molecule has 0 saturated carbocycles. The van der Waals surface area contributed by atoms with Gasteiger partial charge in [-0.2, -0.15) is 23.6 Å². The van der Waals surface area contributed by atoms with Gasteiger partial charge in [-0.05, 0) is 0 Å². The van der Waals surface area contributed by atoms with E-state index in [1.54, 1.807) is 0 Å². The van der Waals surface area contributed by atoms with Crippen LogP contribution in [-0.2, 0) is 75.7 Å². The Morgan fingerprint density at radius 1 is 0.649 bits per heavy atom. The van der Waals surface area contributed by atoms with Crippen LogP contribution in [0.3, 0.4) is 0 Å². The molecule has 0 radical (unpaired) electrons. The number of rotatable bonds is 20. The standard InChI is InChI=1S/C33H46N16O24P4/c1-46-9-49(25-15(46)27(54)45-33(37)43-25)29-18(52)19(63-2)11(69-29)5-66-75(57,58)72-77(61,62)73-76(59,60)67-6-12-20(21(64-3)30(70-12)48-7-38-13-22(34)40-31(35)41-23(13)48)71-74(55,56)65-4-10-16(50)17(51)28(68-10)47-8-39-14-24(47)42-32(36)44-26(14)53/h7-12,16-21,28-30,50-52H,4-6H2,1-3H3,(H13-,34,35,36,37,40,41,42,43,44,45,53,54,55,56,57,58,59,60,61,62)/p+1/t10-,11-,12-,16+,17?,18?,19+,20+,21?,28-,29-,30-/m1/s1. The summed E-state index contributed by atoms with van der Waals surface area (Å²) in [6.45, 7) is -3.29. The third-order valence-corrected chi connectivity index (χ3v) is 17.1. The minimum atomic E-state index is -6.20. The summed E-state index contributed by atoms with van der Waals surface area (Å²) in [5, 5.41) is 32.9. The van der Waals surface area contributed by atoms with Crippen molar-refractivity contribution < 1.29 is 108 Å². The van der Waals surface area contributed by atoms with Gasteiger partial charge in [0.15, 0.2) is 41.4 Å². The highest BCUT2D eigenvalue weighted by molar-refractivity contribution is 7.66. The van der Waals surface area contributed by atoms with Crippen molar-refractivity contribution in [1.82, 2.24) is 53.6 Å². The third-order valence-electron chi connectivity index (χ3n) is 11.9. The lowest BCUT2D eigenvalue weighted by Crippen LogP contribution is -2.46. The Morgan fingerprint density at radius 2 is 1.19 bits per heavy atom. The Kier molecular flexibility index (Phi) is 15.4. The molecular formula is C33H47N16O24P4+. The summed E-state index contributed by atoms with van der Waals surface area (Å²) in [4.78, 5) is 96.1. The number of ether oxygens (including phenoxy) is 5. The number of aromatic nitrogens is 12. The first-order valence-electron chi connectivity index (χ1n) is 21.8. The number of phosphoric ester groups is 3. The lowest BCUT2D eigenvalue weighted by molar-refractivity contribution is -0.745. The molecule has 422 valence electrons. The predicted octanol–water partition coefficient (Wildman–Crippen LogP) is -4.47. The monoisotopic (exact) mass is 1180 g/mol. The van der Waals surface area contributed by atoms with Crippen molar-refractivity contribution >= 4 is 88.4 Å². The highest BCUT2D eigenvalue weighted by Crippen LogP contribution is 2.68. The maximum Gasteiger partial charge on any atom is 0.490 e. The summed E-state index contributed by atoms with van der Waals surface area (Å²) in [5.41, 5.74) is 21.3. The summed E-state index contributed by atoms with van der Waals surface area (Å²) < 4.78 is 115. The van der Waals surface area contributed by atoms with Crippen LogP contribution in [0.5, 0.6) is 0 Å². The van der Waals surface area contributed by atoms with Crippen molar-refractivity contribution in [2.75, 3.05) is 57.0 Å². The van der Waals surface area contributed by atoms with Gasteiger partial charge in [0.05, 0.1) is 39.5 Å². The molecule has 3 fully saturated rings. The van der Waals surface area contributed by atoms with E-state index in [1.807, 2.05) is 0 Å². The quantitative estimate of drug-likeness (QED) is 0.0253. The Hall–Kier alpha value is -5.35. The van der Waals surface area contributed by atoms with Crippen LogP contribution in [0.4, 0.5) is 23.7 Å². The van der Waals surface area contributed by atoms with E-state index in [9.17, 15) is 62.7 Å². The highest BCUT2D eigenvalue weighted by Gasteiger charge is 2.54. The molecule has 44 heteroatoms. The predicted molar refractivity (Wildman–Crippen MR) is 248 cm³/mol.